The van der Waals surface area contributed by atoms with Crippen LogP contribution in [0.1, 0.15) is 41.5 Å². The lowest BCUT2D eigenvalue weighted by atomic mass is 9.95. The van der Waals surface area contributed by atoms with Crippen LogP contribution < -0.4 is 0 Å². The van der Waals surface area contributed by atoms with Crippen molar-refractivity contribution in [1.82, 2.24) is 14.7 Å². The number of aliphatic imine (C=N–C) groups is 1. The van der Waals surface area contributed by atoms with Crippen molar-refractivity contribution >= 4 is 24.1 Å². The molecular formula is C15H22N4O5. The molecule has 1 heterocycles. The maximum atomic E-state index is 12.7. The molecule has 0 saturated carbocycles. The molecule has 132 valence electrons. The topological polar surface area (TPSA) is 114 Å². The fraction of sp³-hybridized carbons (Fsp3) is 0.533. The summed E-state index contributed by atoms with van der Waals surface area (Å²) in [4.78, 5) is 40.3. The molecule has 1 aromatic heterocycles. The predicted octanol–water partition coefficient (Wildman–Crippen LogP) is 2.58. The zero-order chi connectivity index (χ0) is 18.7. The Balaban J connectivity index is 3.46. The lowest BCUT2D eigenvalue weighted by Gasteiger charge is -2.30. The van der Waals surface area contributed by atoms with Gasteiger partial charge in [0.05, 0.1) is 0 Å². The summed E-state index contributed by atoms with van der Waals surface area (Å²) >= 11 is 0. The number of nitrogens with zero attached hydrogens (tertiary/aromatic N) is 4. The number of aromatic nitrogens is 2. The third-order valence-corrected chi connectivity index (χ3v) is 2.53. The average Bonchev–Trinajstić information content (AvgIpc) is 2.87. The lowest BCUT2D eigenvalue weighted by molar-refractivity contribution is -0.134. The van der Waals surface area contributed by atoms with Crippen LogP contribution in [0, 0.1) is 5.41 Å². The molecule has 3 amide bonds. The van der Waals surface area contributed by atoms with Crippen molar-refractivity contribution in [2.75, 3.05) is 0 Å². The maximum Gasteiger partial charge on any atom is 0.434 e. The van der Waals surface area contributed by atoms with E-state index in [-0.39, 0.29) is 0 Å². The molecule has 1 N–H and O–H groups in total. The summed E-state index contributed by atoms with van der Waals surface area (Å²) < 4.78 is 6.24. The number of amides is 3. The Morgan fingerprint density at radius 3 is 2.12 bits per heavy atom. The summed E-state index contributed by atoms with van der Waals surface area (Å²) in [5.41, 5.74) is -1.87. The first-order valence-corrected chi connectivity index (χ1v) is 7.22. The summed E-state index contributed by atoms with van der Waals surface area (Å²) in [6, 6.07) is 1.51. The van der Waals surface area contributed by atoms with Gasteiger partial charge in [0, 0.05) is 17.8 Å². The Hall–Kier alpha value is -2.71. The molecule has 0 fully saturated rings. The molecule has 9 nitrogen and oxygen atoms in total. The molecule has 0 aliphatic carbocycles. The minimum atomic E-state index is -1.57. The Labute approximate surface area is 139 Å². The highest BCUT2D eigenvalue weighted by Gasteiger charge is 2.39. The third kappa shape index (κ3) is 5.18. The summed E-state index contributed by atoms with van der Waals surface area (Å²) in [7, 11) is 0. The summed E-state index contributed by atoms with van der Waals surface area (Å²) in [5.74, 6) is -1.14. The van der Waals surface area contributed by atoms with E-state index in [4.69, 9.17) is 9.84 Å². The quantitative estimate of drug-likeness (QED) is 0.574. The molecule has 0 aliphatic rings. The maximum absolute atomic E-state index is 12.7. The largest absolute Gasteiger partial charge is 0.463 e. The van der Waals surface area contributed by atoms with Gasteiger partial charge < -0.3 is 9.84 Å². The number of carbonyl (C=O) groups excluding carboxylic acids is 2. The van der Waals surface area contributed by atoms with E-state index in [1.165, 1.54) is 18.5 Å². The Morgan fingerprint density at radius 2 is 1.75 bits per heavy atom. The molecule has 0 bridgehead atoms. The molecular weight excluding hydrogens is 316 g/mol. The van der Waals surface area contributed by atoms with Gasteiger partial charge in [-0.2, -0.15) is 10.00 Å². The zero-order valence-electron chi connectivity index (χ0n) is 14.6. The molecule has 24 heavy (non-hydrogen) atoms. The van der Waals surface area contributed by atoms with Gasteiger partial charge >= 0.3 is 12.2 Å². The van der Waals surface area contributed by atoms with E-state index in [0.29, 0.717) is 4.90 Å². The van der Waals surface area contributed by atoms with Crippen LogP contribution in [-0.2, 0) is 9.53 Å². The van der Waals surface area contributed by atoms with Crippen LogP contribution in [0.5, 0.6) is 0 Å². The smallest absolute Gasteiger partial charge is 0.434 e. The number of carbonyl (C=O) groups is 3. The Kier molecular flexibility index (Phi) is 5.49. The monoisotopic (exact) mass is 338 g/mol. The Morgan fingerprint density at radius 1 is 1.17 bits per heavy atom. The highest BCUT2D eigenvalue weighted by Crippen LogP contribution is 2.21. The minimum Gasteiger partial charge on any atom is -0.463 e. The number of imide groups is 1. The van der Waals surface area contributed by atoms with Crippen LogP contribution in [0.3, 0.4) is 0 Å². The molecule has 0 spiro atoms. The van der Waals surface area contributed by atoms with Gasteiger partial charge in [-0.05, 0) is 26.8 Å². The van der Waals surface area contributed by atoms with Gasteiger partial charge in [-0.1, -0.05) is 20.8 Å². The molecule has 0 radical (unpaired) electrons. The first-order chi connectivity index (χ1) is 10.8. The SMILES string of the molecule is CC(C)(C)OC(=O)N(C(=O)C(C)(C)C)C(=NC(=O)O)n1cccn1. The molecule has 0 saturated heterocycles. The summed E-state index contributed by atoms with van der Waals surface area (Å²) in [5, 5.41) is 12.9. The van der Waals surface area contributed by atoms with Crippen LogP contribution in [0.4, 0.5) is 9.59 Å². The molecule has 0 atom stereocenters. The standard InChI is InChI=1S/C15H22N4O5/c1-14(2,3)10(20)19(13(23)24-15(4,5)6)11(17-12(21)22)18-9-7-8-16-18/h7-9H,1-6H3,(H,21,22). The van der Waals surface area contributed by atoms with E-state index in [0.717, 1.165) is 4.68 Å². The van der Waals surface area contributed by atoms with Crippen molar-refractivity contribution in [3.63, 3.8) is 0 Å². The summed E-state index contributed by atoms with van der Waals surface area (Å²) in [6.07, 6.45) is 0.134. The summed E-state index contributed by atoms with van der Waals surface area (Å²) in [6.45, 7) is 9.67. The van der Waals surface area contributed by atoms with Crippen molar-refractivity contribution < 1.29 is 24.2 Å². The van der Waals surface area contributed by atoms with Gasteiger partial charge in [0.25, 0.3) is 0 Å². The third-order valence-electron chi connectivity index (χ3n) is 2.53. The van der Waals surface area contributed by atoms with Crippen LogP contribution in [0.25, 0.3) is 0 Å². The Bertz CT molecular complexity index is 650. The van der Waals surface area contributed by atoms with Crippen molar-refractivity contribution in [1.29, 1.82) is 0 Å². The van der Waals surface area contributed by atoms with Crippen LogP contribution in [-0.4, -0.2) is 49.4 Å². The lowest BCUT2D eigenvalue weighted by Crippen LogP contribution is -2.51. The molecule has 1 aromatic rings. The second-order valence-electron chi connectivity index (χ2n) is 7.02. The van der Waals surface area contributed by atoms with Gasteiger partial charge in [0.2, 0.25) is 11.9 Å². The van der Waals surface area contributed by atoms with E-state index in [1.54, 1.807) is 41.5 Å². The van der Waals surface area contributed by atoms with E-state index < -0.39 is 35.1 Å². The van der Waals surface area contributed by atoms with Gasteiger partial charge in [0.15, 0.2) is 0 Å². The number of rotatable bonds is 0. The molecule has 1 rings (SSSR count). The van der Waals surface area contributed by atoms with Crippen molar-refractivity contribution in [3.05, 3.63) is 18.5 Å². The van der Waals surface area contributed by atoms with Gasteiger partial charge in [-0.25, -0.2) is 14.3 Å². The van der Waals surface area contributed by atoms with Gasteiger partial charge in [-0.15, -0.1) is 4.99 Å². The number of hydrogen-bond donors (Lipinski definition) is 1. The number of ether oxygens (including phenoxy) is 1. The van der Waals surface area contributed by atoms with E-state index in [9.17, 15) is 14.4 Å². The van der Waals surface area contributed by atoms with Crippen molar-refractivity contribution in [3.8, 4) is 0 Å². The molecule has 9 heteroatoms. The molecule has 0 aromatic carbocycles. The number of hydrogen-bond acceptors (Lipinski definition) is 5. The van der Waals surface area contributed by atoms with Gasteiger partial charge in [0.1, 0.15) is 5.60 Å². The highest BCUT2D eigenvalue weighted by molar-refractivity contribution is 6.13. The van der Waals surface area contributed by atoms with Gasteiger partial charge in [-0.3, -0.25) is 4.79 Å². The minimum absolute atomic E-state index is 0.471. The average molecular weight is 338 g/mol. The van der Waals surface area contributed by atoms with Crippen LogP contribution in [0.2, 0.25) is 0 Å². The van der Waals surface area contributed by atoms with E-state index in [2.05, 4.69) is 10.1 Å². The first kappa shape index (κ1) is 19.3. The predicted molar refractivity (Wildman–Crippen MR) is 85.6 cm³/mol. The first-order valence-electron chi connectivity index (χ1n) is 7.22. The molecule has 0 aliphatic heterocycles. The molecule has 0 unspecified atom stereocenters. The number of carboxylic acid groups (broad SMARTS) is 1. The van der Waals surface area contributed by atoms with E-state index in [1.807, 2.05) is 0 Å². The highest BCUT2D eigenvalue weighted by atomic mass is 16.6. The second-order valence-corrected chi connectivity index (χ2v) is 7.02. The van der Waals surface area contributed by atoms with E-state index >= 15 is 0 Å². The van der Waals surface area contributed by atoms with Crippen molar-refractivity contribution in [2.45, 2.75) is 47.1 Å². The second kappa shape index (κ2) is 6.81. The fourth-order valence-corrected chi connectivity index (χ4v) is 1.57. The van der Waals surface area contributed by atoms with Crippen LogP contribution >= 0.6 is 0 Å². The fourth-order valence-electron chi connectivity index (χ4n) is 1.57. The van der Waals surface area contributed by atoms with Crippen LogP contribution in [0.15, 0.2) is 23.5 Å². The van der Waals surface area contributed by atoms with Crippen molar-refractivity contribution in [2.24, 2.45) is 10.4 Å². The normalized spacial score (nSPS) is 12.7. The zero-order valence-corrected chi connectivity index (χ0v) is 14.6.